The molecule has 0 radical (unpaired) electrons. The predicted molar refractivity (Wildman–Crippen MR) is 93.2 cm³/mol. The van der Waals surface area contributed by atoms with E-state index in [0.29, 0.717) is 6.04 Å². The molecule has 0 aliphatic heterocycles. The highest BCUT2D eigenvalue weighted by Crippen LogP contribution is 2.31. The van der Waals surface area contributed by atoms with Crippen molar-refractivity contribution in [3.63, 3.8) is 0 Å². The maximum absolute atomic E-state index is 3.73. The van der Waals surface area contributed by atoms with E-state index < -0.39 is 0 Å². The van der Waals surface area contributed by atoms with Crippen LogP contribution < -0.4 is 5.32 Å². The van der Waals surface area contributed by atoms with Gasteiger partial charge in [0.1, 0.15) is 0 Å². The normalized spacial score (nSPS) is 14.2. The zero-order chi connectivity index (χ0) is 15.0. The van der Waals surface area contributed by atoms with Gasteiger partial charge >= 0.3 is 0 Å². The summed E-state index contributed by atoms with van der Waals surface area (Å²) in [5.74, 6) is 0.825. The molecule has 0 amide bonds. The molecular weight excluding hydrogens is 310 g/mol. The molecule has 20 heavy (non-hydrogen) atoms. The van der Waals surface area contributed by atoms with Crippen LogP contribution in [0.5, 0.6) is 0 Å². The van der Waals surface area contributed by atoms with Gasteiger partial charge < -0.3 is 5.32 Å². The molecule has 0 aliphatic rings. The Kier molecular flexibility index (Phi) is 8.47. The lowest BCUT2D eigenvalue weighted by molar-refractivity contribution is 0.356. The highest BCUT2D eigenvalue weighted by molar-refractivity contribution is 9.10. The number of aryl methyl sites for hydroxylation is 1. The molecule has 2 heteroatoms. The molecule has 0 saturated heterocycles. The predicted octanol–water partition coefficient (Wildman–Crippen LogP) is 6.01. The van der Waals surface area contributed by atoms with Crippen LogP contribution in [-0.2, 0) is 0 Å². The Morgan fingerprint density at radius 1 is 1.20 bits per heavy atom. The van der Waals surface area contributed by atoms with Crippen molar-refractivity contribution >= 4 is 15.9 Å². The minimum absolute atomic E-state index is 0.469. The van der Waals surface area contributed by atoms with Crippen molar-refractivity contribution in [3.8, 4) is 0 Å². The summed E-state index contributed by atoms with van der Waals surface area (Å²) in [5, 5.41) is 3.68. The standard InChI is InChI=1S/C18H30BrN/c1-5-8-9-15(6-2)13-18(20-7-3)16-12-14(4)10-11-17(16)19/h10-12,15,18,20H,5-9,13H2,1-4H3. The molecular formula is C18H30BrN. The summed E-state index contributed by atoms with van der Waals surface area (Å²) in [5.41, 5.74) is 2.76. The van der Waals surface area contributed by atoms with Crippen LogP contribution >= 0.6 is 15.9 Å². The SMILES string of the molecule is CCCCC(CC)CC(NCC)c1cc(C)ccc1Br. The molecule has 0 saturated carbocycles. The molecule has 1 aromatic rings. The van der Waals surface area contributed by atoms with Crippen molar-refractivity contribution in [2.24, 2.45) is 5.92 Å². The van der Waals surface area contributed by atoms with Crippen LogP contribution in [0.3, 0.4) is 0 Å². The molecule has 2 unspecified atom stereocenters. The van der Waals surface area contributed by atoms with Gasteiger partial charge in [-0.15, -0.1) is 0 Å². The summed E-state index contributed by atoms with van der Waals surface area (Å²) in [6, 6.07) is 7.15. The number of benzene rings is 1. The second kappa shape index (κ2) is 9.57. The Morgan fingerprint density at radius 2 is 1.95 bits per heavy atom. The molecule has 0 heterocycles. The Labute approximate surface area is 133 Å². The van der Waals surface area contributed by atoms with Gasteiger partial charge in [0.2, 0.25) is 0 Å². The average Bonchev–Trinajstić information content (AvgIpc) is 2.45. The third kappa shape index (κ3) is 5.57. The molecule has 1 N–H and O–H groups in total. The van der Waals surface area contributed by atoms with Gasteiger partial charge in [-0.2, -0.15) is 0 Å². The van der Waals surface area contributed by atoms with Gasteiger partial charge in [-0.05, 0) is 37.4 Å². The van der Waals surface area contributed by atoms with E-state index in [9.17, 15) is 0 Å². The monoisotopic (exact) mass is 339 g/mol. The summed E-state index contributed by atoms with van der Waals surface area (Å²) >= 11 is 3.73. The van der Waals surface area contributed by atoms with Crippen LogP contribution in [0.4, 0.5) is 0 Å². The fraction of sp³-hybridized carbons (Fsp3) is 0.667. The number of hydrogen-bond donors (Lipinski definition) is 1. The van der Waals surface area contributed by atoms with E-state index in [1.807, 2.05) is 0 Å². The summed E-state index contributed by atoms with van der Waals surface area (Å²) in [6.45, 7) is 10.0. The topological polar surface area (TPSA) is 12.0 Å². The Balaban J connectivity index is 2.84. The average molecular weight is 340 g/mol. The molecule has 0 bridgehead atoms. The minimum Gasteiger partial charge on any atom is -0.310 e. The number of rotatable bonds is 9. The molecule has 2 atom stereocenters. The third-order valence-electron chi connectivity index (χ3n) is 4.09. The van der Waals surface area contributed by atoms with Crippen molar-refractivity contribution in [1.82, 2.24) is 5.32 Å². The first kappa shape index (κ1) is 17.7. The van der Waals surface area contributed by atoms with E-state index in [1.165, 1.54) is 47.7 Å². The highest BCUT2D eigenvalue weighted by atomic mass is 79.9. The maximum Gasteiger partial charge on any atom is 0.0334 e. The van der Waals surface area contributed by atoms with E-state index in [-0.39, 0.29) is 0 Å². The molecule has 0 aromatic heterocycles. The fourth-order valence-corrected chi connectivity index (χ4v) is 3.33. The number of unbranched alkanes of at least 4 members (excludes halogenated alkanes) is 1. The molecule has 0 aliphatic carbocycles. The highest BCUT2D eigenvalue weighted by Gasteiger charge is 2.18. The van der Waals surface area contributed by atoms with Crippen LogP contribution in [0, 0.1) is 12.8 Å². The summed E-state index contributed by atoms with van der Waals surface area (Å²) in [7, 11) is 0. The Hall–Kier alpha value is -0.340. The maximum atomic E-state index is 3.73. The van der Waals surface area contributed by atoms with Crippen LogP contribution in [0.2, 0.25) is 0 Å². The molecule has 1 aromatic carbocycles. The van der Waals surface area contributed by atoms with Crippen LogP contribution in [0.25, 0.3) is 0 Å². The lowest BCUT2D eigenvalue weighted by Gasteiger charge is -2.25. The zero-order valence-electron chi connectivity index (χ0n) is 13.5. The first-order valence-electron chi connectivity index (χ1n) is 8.11. The first-order valence-corrected chi connectivity index (χ1v) is 8.91. The Bertz CT molecular complexity index is 389. The van der Waals surface area contributed by atoms with Gasteiger partial charge in [-0.3, -0.25) is 0 Å². The van der Waals surface area contributed by atoms with Gasteiger partial charge in [0.25, 0.3) is 0 Å². The van der Waals surface area contributed by atoms with Crippen molar-refractivity contribution in [2.45, 2.75) is 65.8 Å². The van der Waals surface area contributed by atoms with Crippen molar-refractivity contribution < 1.29 is 0 Å². The summed E-state index contributed by atoms with van der Waals surface area (Å²) < 4.78 is 1.24. The molecule has 1 nitrogen and oxygen atoms in total. The molecule has 0 fully saturated rings. The quantitative estimate of drug-likeness (QED) is 0.580. The van der Waals surface area contributed by atoms with E-state index in [4.69, 9.17) is 0 Å². The second-order valence-corrected chi connectivity index (χ2v) is 6.64. The van der Waals surface area contributed by atoms with E-state index in [1.54, 1.807) is 0 Å². The Morgan fingerprint density at radius 3 is 2.55 bits per heavy atom. The van der Waals surface area contributed by atoms with Gasteiger partial charge in [-0.1, -0.05) is 80.1 Å². The fourth-order valence-electron chi connectivity index (χ4n) is 2.81. The molecule has 1 rings (SSSR count). The van der Waals surface area contributed by atoms with E-state index in [0.717, 1.165) is 12.5 Å². The van der Waals surface area contributed by atoms with Crippen molar-refractivity contribution in [2.75, 3.05) is 6.54 Å². The van der Waals surface area contributed by atoms with Crippen molar-refractivity contribution in [3.05, 3.63) is 33.8 Å². The van der Waals surface area contributed by atoms with Crippen LogP contribution in [0.1, 0.15) is 70.0 Å². The van der Waals surface area contributed by atoms with Gasteiger partial charge in [-0.25, -0.2) is 0 Å². The zero-order valence-corrected chi connectivity index (χ0v) is 15.1. The van der Waals surface area contributed by atoms with Crippen molar-refractivity contribution in [1.29, 1.82) is 0 Å². The van der Waals surface area contributed by atoms with Crippen LogP contribution in [-0.4, -0.2) is 6.54 Å². The van der Waals surface area contributed by atoms with Gasteiger partial charge in [0.05, 0.1) is 0 Å². The number of nitrogens with one attached hydrogen (secondary N) is 1. The lowest BCUT2D eigenvalue weighted by atomic mass is 9.89. The minimum atomic E-state index is 0.469. The largest absolute Gasteiger partial charge is 0.310 e. The summed E-state index contributed by atoms with van der Waals surface area (Å²) in [6.07, 6.45) is 6.54. The van der Waals surface area contributed by atoms with Crippen LogP contribution in [0.15, 0.2) is 22.7 Å². The third-order valence-corrected chi connectivity index (χ3v) is 4.81. The lowest BCUT2D eigenvalue weighted by Crippen LogP contribution is -2.24. The smallest absolute Gasteiger partial charge is 0.0334 e. The number of halogens is 1. The first-order chi connectivity index (χ1) is 9.62. The second-order valence-electron chi connectivity index (χ2n) is 5.79. The summed E-state index contributed by atoms with van der Waals surface area (Å²) in [4.78, 5) is 0. The van der Waals surface area contributed by atoms with E-state index in [2.05, 4.69) is 67.1 Å². The number of hydrogen-bond acceptors (Lipinski definition) is 1. The molecule has 0 spiro atoms. The van der Waals surface area contributed by atoms with Gasteiger partial charge in [0, 0.05) is 10.5 Å². The molecule has 114 valence electrons. The van der Waals surface area contributed by atoms with E-state index >= 15 is 0 Å². The van der Waals surface area contributed by atoms with Gasteiger partial charge in [0.15, 0.2) is 0 Å².